The first kappa shape index (κ1) is 21.0. The highest BCUT2D eigenvalue weighted by atomic mass is 35.5. The summed E-state index contributed by atoms with van der Waals surface area (Å²) in [6.45, 7) is 2.35. The molecule has 0 saturated carbocycles. The van der Waals surface area contributed by atoms with Crippen LogP contribution in [0.15, 0.2) is 65.7 Å². The van der Waals surface area contributed by atoms with Crippen molar-refractivity contribution in [3.63, 3.8) is 0 Å². The lowest BCUT2D eigenvalue weighted by molar-refractivity contribution is -0.120. The van der Waals surface area contributed by atoms with Crippen molar-refractivity contribution in [1.29, 1.82) is 0 Å². The highest BCUT2D eigenvalue weighted by molar-refractivity contribution is 7.11. The van der Waals surface area contributed by atoms with Gasteiger partial charge in [0.15, 0.2) is 0 Å². The van der Waals surface area contributed by atoms with Crippen LogP contribution in [-0.4, -0.2) is 25.5 Å². The molecule has 1 N–H and O–H groups in total. The van der Waals surface area contributed by atoms with E-state index < -0.39 is 11.8 Å². The number of rotatable bonds is 7. The maximum atomic E-state index is 13.5. The number of ether oxygens (including phenoxy) is 2. The van der Waals surface area contributed by atoms with E-state index in [-0.39, 0.29) is 5.70 Å². The Hall–Kier alpha value is -3.29. The van der Waals surface area contributed by atoms with Gasteiger partial charge in [-0.1, -0.05) is 23.7 Å². The summed E-state index contributed by atoms with van der Waals surface area (Å²) in [7, 11) is 1.52. The summed E-state index contributed by atoms with van der Waals surface area (Å²) in [4.78, 5) is 28.7. The first-order valence-corrected chi connectivity index (χ1v) is 10.8. The summed E-state index contributed by atoms with van der Waals surface area (Å²) in [6.07, 6.45) is 0. The van der Waals surface area contributed by atoms with Crippen molar-refractivity contribution in [3.8, 4) is 11.5 Å². The Kier molecular flexibility index (Phi) is 5.97. The Labute approximate surface area is 188 Å². The molecule has 158 valence electrons. The average molecular weight is 455 g/mol. The van der Waals surface area contributed by atoms with E-state index in [0.717, 1.165) is 4.90 Å². The van der Waals surface area contributed by atoms with Crippen molar-refractivity contribution < 1.29 is 19.1 Å². The molecular weight excluding hydrogens is 436 g/mol. The largest absolute Gasteiger partial charge is 0.495 e. The predicted octanol–water partition coefficient (Wildman–Crippen LogP) is 5.21. The third-order valence-electron chi connectivity index (χ3n) is 4.66. The summed E-state index contributed by atoms with van der Waals surface area (Å²) >= 11 is 7.53. The van der Waals surface area contributed by atoms with Crippen molar-refractivity contribution >= 4 is 51.7 Å². The van der Waals surface area contributed by atoms with E-state index in [1.165, 1.54) is 18.4 Å². The third-order valence-corrected chi connectivity index (χ3v) is 5.78. The number of anilines is 2. The zero-order chi connectivity index (χ0) is 22.0. The number of nitrogens with zero attached hydrogens (tertiary/aromatic N) is 1. The van der Waals surface area contributed by atoms with Crippen LogP contribution in [0.25, 0.3) is 5.57 Å². The van der Waals surface area contributed by atoms with E-state index in [0.29, 0.717) is 45.0 Å². The fraction of sp³-hybridized carbons (Fsp3) is 0.130. The van der Waals surface area contributed by atoms with Crippen molar-refractivity contribution in [2.24, 2.45) is 0 Å². The molecule has 0 fully saturated rings. The van der Waals surface area contributed by atoms with Crippen molar-refractivity contribution in [2.75, 3.05) is 23.9 Å². The average Bonchev–Trinajstić information content (AvgIpc) is 3.35. The van der Waals surface area contributed by atoms with E-state index in [1.807, 2.05) is 24.4 Å². The van der Waals surface area contributed by atoms with Crippen LogP contribution in [0.3, 0.4) is 0 Å². The molecule has 6 nitrogen and oxygen atoms in total. The molecule has 8 heteroatoms. The first-order valence-electron chi connectivity index (χ1n) is 9.53. The molecule has 31 heavy (non-hydrogen) atoms. The van der Waals surface area contributed by atoms with E-state index >= 15 is 0 Å². The topological polar surface area (TPSA) is 67.9 Å². The lowest BCUT2D eigenvalue weighted by Crippen LogP contribution is -2.32. The quantitative estimate of drug-likeness (QED) is 0.496. The first-order chi connectivity index (χ1) is 15.0. The van der Waals surface area contributed by atoms with Gasteiger partial charge in [0, 0.05) is 16.0 Å². The van der Waals surface area contributed by atoms with Gasteiger partial charge < -0.3 is 14.8 Å². The molecule has 0 atom stereocenters. The number of hydrogen-bond donors (Lipinski definition) is 1. The molecule has 1 aliphatic rings. The molecule has 2 amide bonds. The van der Waals surface area contributed by atoms with Gasteiger partial charge in [-0.15, -0.1) is 11.3 Å². The predicted molar refractivity (Wildman–Crippen MR) is 123 cm³/mol. The zero-order valence-corrected chi connectivity index (χ0v) is 18.4. The van der Waals surface area contributed by atoms with Crippen LogP contribution < -0.4 is 19.7 Å². The lowest BCUT2D eigenvalue weighted by Gasteiger charge is -2.17. The minimum Gasteiger partial charge on any atom is -0.495 e. The third kappa shape index (κ3) is 4.02. The molecule has 1 aliphatic heterocycles. The molecule has 0 bridgehead atoms. The molecule has 2 heterocycles. The van der Waals surface area contributed by atoms with E-state index in [9.17, 15) is 9.59 Å². The van der Waals surface area contributed by atoms with Gasteiger partial charge in [-0.05, 0) is 48.7 Å². The number of methoxy groups -OCH3 is 1. The molecule has 0 spiro atoms. The molecule has 0 unspecified atom stereocenters. The summed E-state index contributed by atoms with van der Waals surface area (Å²) in [6, 6.07) is 15.6. The molecule has 2 aromatic carbocycles. The standard InChI is InChI=1S/C23H19ClN2O4S/c1-3-30-16-7-4-6-15(13-16)26-22(27)20(19-8-5-11-31-19)21(23(26)28)25-17-12-14(24)9-10-18(17)29-2/h4-13,25H,3H2,1-2H3. The number of imide groups is 1. The van der Waals surface area contributed by atoms with Gasteiger partial charge >= 0.3 is 0 Å². The van der Waals surface area contributed by atoms with Gasteiger partial charge in [0.1, 0.15) is 17.2 Å². The SMILES string of the molecule is CCOc1cccc(N2C(=O)C(Nc3cc(Cl)ccc3OC)=C(c3cccs3)C2=O)c1. The Balaban J connectivity index is 1.80. The normalized spacial score (nSPS) is 13.7. The molecular formula is C23H19ClN2O4S. The zero-order valence-electron chi connectivity index (χ0n) is 16.8. The maximum absolute atomic E-state index is 13.5. The molecule has 4 rings (SSSR count). The Morgan fingerprint density at radius 1 is 1.06 bits per heavy atom. The van der Waals surface area contributed by atoms with Crippen LogP contribution in [0.2, 0.25) is 5.02 Å². The van der Waals surface area contributed by atoms with E-state index in [4.69, 9.17) is 21.1 Å². The van der Waals surface area contributed by atoms with Gasteiger partial charge in [-0.25, -0.2) is 4.90 Å². The lowest BCUT2D eigenvalue weighted by atomic mass is 10.1. The Bertz CT molecular complexity index is 1170. The summed E-state index contributed by atoms with van der Waals surface area (Å²) in [5, 5.41) is 5.42. The van der Waals surface area contributed by atoms with Gasteiger partial charge in [-0.3, -0.25) is 9.59 Å². The molecule has 0 aliphatic carbocycles. The fourth-order valence-electron chi connectivity index (χ4n) is 3.32. The summed E-state index contributed by atoms with van der Waals surface area (Å²) in [5.74, 6) is 0.198. The number of thiophene rings is 1. The highest BCUT2D eigenvalue weighted by Gasteiger charge is 2.41. The monoisotopic (exact) mass is 454 g/mol. The van der Waals surface area contributed by atoms with E-state index in [1.54, 1.807) is 42.5 Å². The minimum absolute atomic E-state index is 0.162. The van der Waals surface area contributed by atoms with Crippen LogP contribution in [0, 0.1) is 0 Å². The van der Waals surface area contributed by atoms with Crippen LogP contribution in [0.4, 0.5) is 11.4 Å². The van der Waals surface area contributed by atoms with Crippen molar-refractivity contribution in [3.05, 3.63) is 75.6 Å². The number of hydrogen-bond acceptors (Lipinski definition) is 6. The molecule has 1 aromatic heterocycles. The number of halogens is 1. The number of nitrogens with one attached hydrogen (secondary N) is 1. The second-order valence-corrected chi connectivity index (χ2v) is 7.96. The van der Waals surface area contributed by atoms with Gasteiger partial charge in [-0.2, -0.15) is 0 Å². The Morgan fingerprint density at radius 2 is 1.90 bits per heavy atom. The highest BCUT2D eigenvalue weighted by Crippen LogP contribution is 2.38. The van der Waals surface area contributed by atoms with Crippen LogP contribution in [0.5, 0.6) is 11.5 Å². The fourth-order valence-corrected chi connectivity index (χ4v) is 4.26. The smallest absolute Gasteiger partial charge is 0.282 e. The van der Waals surface area contributed by atoms with Gasteiger partial charge in [0.25, 0.3) is 11.8 Å². The van der Waals surface area contributed by atoms with Crippen molar-refractivity contribution in [2.45, 2.75) is 6.92 Å². The Morgan fingerprint density at radius 3 is 2.61 bits per heavy atom. The molecule has 0 radical (unpaired) electrons. The van der Waals surface area contributed by atoms with Crippen LogP contribution >= 0.6 is 22.9 Å². The van der Waals surface area contributed by atoms with Crippen LogP contribution in [-0.2, 0) is 9.59 Å². The number of carbonyl (C=O) groups excluding carboxylic acids is 2. The number of carbonyl (C=O) groups is 2. The van der Waals surface area contributed by atoms with Crippen molar-refractivity contribution in [1.82, 2.24) is 0 Å². The van der Waals surface area contributed by atoms with E-state index in [2.05, 4.69) is 5.32 Å². The second-order valence-electron chi connectivity index (χ2n) is 6.57. The molecule has 3 aromatic rings. The summed E-state index contributed by atoms with van der Waals surface area (Å²) in [5.41, 5.74) is 1.38. The van der Waals surface area contributed by atoms with Gasteiger partial charge in [0.2, 0.25) is 0 Å². The maximum Gasteiger partial charge on any atom is 0.282 e. The second kappa shape index (κ2) is 8.83. The summed E-state index contributed by atoms with van der Waals surface area (Å²) < 4.78 is 10.9. The minimum atomic E-state index is -0.468. The molecule has 0 saturated heterocycles. The number of benzene rings is 2. The van der Waals surface area contributed by atoms with Gasteiger partial charge in [0.05, 0.1) is 30.7 Å². The van der Waals surface area contributed by atoms with Crippen LogP contribution in [0.1, 0.15) is 11.8 Å². The number of amides is 2.